The lowest BCUT2D eigenvalue weighted by Crippen LogP contribution is -2.48. The molecule has 2 fully saturated rings. The number of nitrogens with one attached hydrogen (secondary N) is 2. The fourth-order valence-electron chi connectivity index (χ4n) is 1.86. The minimum absolute atomic E-state index is 0.195. The number of hydrogen-bond donors (Lipinski definition) is 3. The predicted octanol–water partition coefficient (Wildman–Crippen LogP) is -0.118. The summed E-state index contributed by atoms with van der Waals surface area (Å²) in [5.41, 5.74) is -0.855. The first-order valence-electron chi connectivity index (χ1n) is 5.56. The normalized spacial score (nSPS) is 23.9. The first-order valence-corrected chi connectivity index (χ1v) is 5.56. The maximum absolute atomic E-state index is 11.6. The van der Waals surface area contributed by atoms with Gasteiger partial charge in [-0.25, -0.2) is 14.5 Å². The molecule has 0 aromatic carbocycles. The molecule has 0 bridgehead atoms. The van der Waals surface area contributed by atoms with Gasteiger partial charge in [-0.3, -0.25) is 0 Å². The van der Waals surface area contributed by atoms with Gasteiger partial charge in [-0.15, -0.1) is 0 Å². The fourth-order valence-corrected chi connectivity index (χ4v) is 1.86. The summed E-state index contributed by atoms with van der Waals surface area (Å²) >= 11 is 0. The van der Waals surface area contributed by atoms with Crippen molar-refractivity contribution in [1.29, 1.82) is 0 Å². The number of amides is 4. The minimum atomic E-state index is -0.855. The molecule has 0 radical (unpaired) electrons. The van der Waals surface area contributed by atoms with Gasteiger partial charge in [-0.2, -0.15) is 0 Å². The van der Waals surface area contributed by atoms with Crippen molar-refractivity contribution >= 4 is 12.1 Å². The molecule has 6 heteroatoms. The van der Waals surface area contributed by atoms with Crippen molar-refractivity contribution in [2.24, 2.45) is 5.92 Å². The minimum Gasteiger partial charge on any atom is -0.388 e. The maximum atomic E-state index is 11.6. The summed E-state index contributed by atoms with van der Waals surface area (Å²) in [4.78, 5) is 23.9. The highest BCUT2D eigenvalue weighted by Gasteiger charge is 2.40. The zero-order valence-electron chi connectivity index (χ0n) is 9.32. The van der Waals surface area contributed by atoms with Crippen LogP contribution in [0.5, 0.6) is 0 Å². The summed E-state index contributed by atoms with van der Waals surface area (Å²) in [5, 5.41) is 15.1. The number of urea groups is 2. The SMILES string of the molecule is CC(O)(CNC(=O)N1CCNC1=O)C1CC1. The van der Waals surface area contributed by atoms with Gasteiger partial charge in [0.05, 0.1) is 5.60 Å². The topological polar surface area (TPSA) is 81.7 Å². The van der Waals surface area contributed by atoms with Crippen LogP contribution in [0.25, 0.3) is 0 Å². The Kier molecular flexibility index (Phi) is 2.75. The summed E-state index contributed by atoms with van der Waals surface area (Å²) in [6.07, 6.45) is 2.01. The van der Waals surface area contributed by atoms with E-state index in [0.29, 0.717) is 13.1 Å². The Labute approximate surface area is 94.0 Å². The molecule has 1 saturated heterocycles. The van der Waals surface area contributed by atoms with Crippen LogP contribution in [-0.4, -0.2) is 47.3 Å². The summed E-state index contributed by atoms with van der Waals surface area (Å²) in [6.45, 7) is 2.79. The number of aliphatic hydroxyl groups is 1. The third-order valence-corrected chi connectivity index (χ3v) is 3.16. The van der Waals surface area contributed by atoms with Gasteiger partial charge in [0, 0.05) is 19.6 Å². The summed E-state index contributed by atoms with van der Waals surface area (Å²) in [6, 6.07) is -0.806. The third-order valence-electron chi connectivity index (χ3n) is 3.16. The first-order chi connectivity index (χ1) is 7.50. The highest BCUT2D eigenvalue weighted by molar-refractivity contribution is 5.94. The first kappa shape index (κ1) is 11.2. The van der Waals surface area contributed by atoms with Crippen molar-refractivity contribution in [3.63, 3.8) is 0 Å². The second kappa shape index (κ2) is 3.93. The van der Waals surface area contributed by atoms with Crippen LogP contribution in [0.4, 0.5) is 9.59 Å². The van der Waals surface area contributed by atoms with Crippen molar-refractivity contribution in [2.75, 3.05) is 19.6 Å². The number of imide groups is 1. The Balaban J connectivity index is 1.81. The molecule has 0 aromatic heterocycles. The average Bonchev–Trinajstić information content (AvgIpc) is 3.00. The molecular formula is C10H17N3O3. The number of hydrogen-bond acceptors (Lipinski definition) is 3. The van der Waals surface area contributed by atoms with E-state index in [1.807, 2.05) is 0 Å². The lowest BCUT2D eigenvalue weighted by atomic mass is 10.0. The second-order valence-corrected chi connectivity index (χ2v) is 4.67. The Morgan fingerprint density at radius 1 is 1.69 bits per heavy atom. The van der Waals surface area contributed by atoms with Gasteiger partial charge in [-0.1, -0.05) is 0 Å². The lowest BCUT2D eigenvalue weighted by molar-refractivity contribution is 0.0385. The molecule has 1 aliphatic carbocycles. The zero-order chi connectivity index (χ0) is 11.8. The standard InChI is InChI=1S/C10H17N3O3/c1-10(16,7-2-3-7)6-12-9(15)13-5-4-11-8(13)14/h7,16H,2-6H2,1H3,(H,11,14)(H,12,15). The number of carbonyl (C=O) groups is 2. The van der Waals surface area contributed by atoms with Gasteiger partial charge >= 0.3 is 12.1 Å². The number of carbonyl (C=O) groups excluding carboxylic acids is 2. The van der Waals surface area contributed by atoms with Crippen LogP contribution in [0.1, 0.15) is 19.8 Å². The van der Waals surface area contributed by atoms with Crippen LogP contribution >= 0.6 is 0 Å². The van der Waals surface area contributed by atoms with Crippen molar-refractivity contribution in [3.8, 4) is 0 Å². The fraction of sp³-hybridized carbons (Fsp3) is 0.800. The Hall–Kier alpha value is -1.30. The van der Waals surface area contributed by atoms with Gasteiger partial charge in [0.2, 0.25) is 0 Å². The Morgan fingerprint density at radius 3 is 2.88 bits per heavy atom. The van der Waals surface area contributed by atoms with Gasteiger partial charge < -0.3 is 15.7 Å². The quantitative estimate of drug-likeness (QED) is 0.629. The van der Waals surface area contributed by atoms with Gasteiger partial charge in [0.1, 0.15) is 0 Å². The Morgan fingerprint density at radius 2 is 2.38 bits per heavy atom. The molecule has 90 valence electrons. The summed E-state index contributed by atoms with van der Waals surface area (Å²) < 4.78 is 0. The van der Waals surface area contributed by atoms with Crippen molar-refractivity contribution < 1.29 is 14.7 Å². The van der Waals surface area contributed by atoms with Gasteiger partial charge in [-0.05, 0) is 25.7 Å². The van der Waals surface area contributed by atoms with Crippen LogP contribution < -0.4 is 10.6 Å². The molecule has 1 atom stereocenters. The van der Waals surface area contributed by atoms with E-state index >= 15 is 0 Å². The number of rotatable bonds is 3. The number of nitrogens with zero attached hydrogens (tertiary/aromatic N) is 1. The molecule has 1 saturated carbocycles. The molecule has 1 unspecified atom stereocenters. The van der Waals surface area contributed by atoms with E-state index in [9.17, 15) is 14.7 Å². The van der Waals surface area contributed by atoms with Crippen molar-refractivity contribution in [1.82, 2.24) is 15.5 Å². The smallest absolute Gasteiger partial charge is 0.325 e. The molecule has 2 aliphatic rings. The highest BCUT2D eigenvalue weighted by atomic mass is 16.3. The second-order valence-electron chi connectivity index (χ2n) is 4.67. The van der Waals surface area contributed by atoms with Crippen LogP contribution in [0.15, 0.2) is 0 Å². The molecule has 4 amide bonds. The lowest BCUT2D eigenvalue weighted by Gasteiger charge is -2.24. The summed E-state index contributed by atoms with van der Waals surface area (Å²) in [7, 11) is 0. The molecule has 16 heavy (non-hydrogen) atoms. The zero-order valence-corrected chi connectivity index (χ0v) is 9.32. The molecule has 1 aliphatic heterocycles. The van der Waals surface area contributed by atoms with E-state index in [4.69, 9.17) is 0 Å². The predicted molar refractivity (Wildman–Crippen MR) is 56.9 cm³/mol. The maximum Gasteiger partial charge on any atom is 0.325 e. The molecule has 2 rings (SSSR count). The van der Waals surface area contributed by atoms with E-state index in [2.05, 4.69) is 10.6 Å². The van der Waals surface area contributed by atoms with Crippen molar-refractivity contribution in [2.45, 2.75) is 25.4 Å². The van der Waals surface area contributed by atoms with E-state index < -0.39 is 11.6 Å². The van der Waals surface area contributed by atoms with Gasteiger partial charge in [0.25, 0.3) is 0 Å². The molecule has 0 spiro atoms. The molecule has 1 heterocycles. The molecule has 3 N–H and O–H groups in total. The third kappa shape index (κ3) is 2.27. The monoisotopic (exact) mass is 227 g/mol. The van der Waals surface area contributed by atoms with Crippen LogP contribution in [0.3, 0.4) is 0 Å². The van der Waals surface area contributed by atoms with Crippen LogP contribution in [0.2, 0.25) is 0 Å². The van der Waals surface area contributed by atoms with Crippen LogP contribution in [-0.2, 0) is 0 Å². The molecule has 6 nitrogen and oxygen atoms in total. The van der Waals surface area contributed by atoms with Gasteiger partial charge in [0.15, 0.2) is 0 Å². The molecular weight excluding hydrogens is 210 g/mol. The largest absolute Gasteiger partial charge is 0.388 e. The summed E-state index contributed by atoms with van der Waals surface area (Å²) in [5.74, 6) is 0.278. The highest BCUT2D eigenvalue weighted by Crippen LogP contribution is 2.38. The van der Waals surface area contributed by atoms with Crippen molar-refractivity contribution in [3.05, 3.63) is 0 Å². The Bertz CT molecular complexity index is 312. The molecule has 0 aromatic rings. The van der Waals surface area contributed by atoms with E-state index in [1.165, 1.54) is 0 Å². The average molecular weight is 227 g/mol. The van der Waals surface area contributed by atoms with E-state index in [-0.39, 0.29) is 18.5 Å². The van der Waals surface area contributed by atoms with E-state index in [1.54, 1.807) is 6.92 Å². The van der Waals surface area contributed by atoms with Crippen LogP contribution in [0, 0.1) is 5.92 Å². The van der Waals surface area contributed by atoms with E-state index in [0.717, 1.165) is 17.7 Å².